The molecule has 9 heteroatoms. The highest BCUT2D eigenvalue weighted by Gasteiger charge is 2.13. The van der Waals surface area contributed by atoms with Crippen LogP contribution in [0.2, 0.25) is 5.15 Å². The molecule has 2 aromatic carbocycles. The van der Waals surface area contributed by atoms with E-state index in [2.05, 4.69) is 9.97 Å². The van der Waals surface area contributed by atoms with Gasteiger partial charge in [0.2, 0.25) is 0 Å². The molecule has 0 radical (unpaired) electrons. The lowest BCUT2D eigenvalue weighted by Gasteiger charge is -2.10. The van der Waals surface area contributed by atoms with Crippen molar-refractivity contribution in [3.05, 3.63) is 80.0 Å². The van der Waals surface area contributed by atoms with Gasteiger partial charge in [-0.1, -0.05) is 17.7 Å². The van der Waals surface area contributed by atoms with Crippen LogP contribution >= 0.6 is 23.4 Å². The zero-order chi connectivity index (χ0) is 19.8. The molecule has 4 rings (SSSR count). The van der Waals surface area contributed by atoms with E-state index in [4.69, 9.17) is 11.6 Å². The Morgan fingerprint density at radius 2 is 2.00 bits per heavy atom. The van der Waals surface area contributed by atoms with E-state index in [0.717, 1.165) is 15.8 Å². The van der Waals surface area contributed by atoms with Crippen LogP contribution in [0, 0.1) is 10.1 Å². The van der Waals surface area contributed by atoms with Gasteiger partial charge in [0, 0.05) is 28.0 Å². The lowest BCUT2D eigenvalue weighted by Crippen LogP contribution is -2.21. The Morgan fingerprint density at radius 3 is 2.75 bits per heavy atom. The first-order chi connectivity index (χ1) is 13.5. The van der Waals surface area contributed by atoms with Crippen molar-refractivity contribution in [3.63, 3.8) is 0 Å². The monoisotopic (exact) mass is 412 g/mol. The first kappa shape index (κ1) is 18.4. The summed E-state index contributed by atoms with van der Waals surface area (Å²) in [6.07, 6.45) is 3.40. The van der Waals surface area contributed by atoms with Gasteiger partial charge in [-0.15, -0.1) is 11.8 Å². The molecule has 4 aromatic rings. The summed E-state index contributed by atoms with van der Waals surface area (Å²) in [5.41, 5.74) is 1.32. The minimum absolute atomic E-state index is 0.154. The normalized spacial score (nSPS) is 11.2. The fourth-order valence-corrected chi connectivity index (χ4v) is 3.60. The van der Waals surface area contributed by atoms with Crippen molar-refractivity contribution in [1.29, 1.82) is 0 Å². The summed E-state index contributed by atoms with van der Waals surface area (Å²) < 4.78 is 1.37. The van der Waals surface area contributed by atoms with Crippen molar-refractivity contribution in [2.45, 2.75) is 11.4 Å². The van der Waals surface area contributed by atoms with Crippen LogP contribution in [0.25, 0.3) is 21.8 Å². The van der Waals surface area contributed by atoms with E-state index >= 15 is 0 Å². The molecule has 0 bridgehead atoms. The molecule has 140 valence electrons. The molecule has 28 heavy (non-hydrogen) atoms. The van der Waals surface area contributed by atoms with Crippen LogP contribution in [0.4, 0.5) is 5.69 Å². The highest BCUT2D eigenvalue weighted by atomic mass is 35.5. The minimum Gasteiger partial charge on any atom is -0.294 e. The zero-order valence-corrected chi connectivity index (χ0v) is 16.2. The number of hydrogen-bond donors (Lipinski definition) is 0. The number of rotatable bonds is 4. The maximum atomic E-state index is 12.8. The summed E-state index contributed by atoms with van der Waals surface area (Å²) in [5.74, 6) is 0. The first-order valence-electron chi connectivity index (χ1n) is 8.23. The van der Waals surface area contributed by atoms with E-state index in [1.165, 1.54) is 29.1 Å². The number of non-ortho nitro benzene ring substituents is 1. The zero-order valence-electron chi connectivity index (χ0n) is 14.6. The Morgan fingerprint density at radius 1 is 1.18 bits per heavy atom. The summed E-state index contributed by atoms with van der Waals surface area (Å²) in [6, 6.07) is 11.8. The standard InChI is InChI=1S/C19H13ClN4O3S/c1-28-14-4-2-11-6-12(18(20)22-17(11)8-14)9-23-10-21-16-5-3-13(24(26)27)7-15(16)19(23)25/h2-8,10H,9H2,1H3. The van der Waals surface area contributed by atoms with Crippen LogP contribution < -0.4 is 5.56 Å². The fraction of sp³-hybridized carbons (Fsp3) is 0.105. The minimum atomic E-state index is -0.539. The second-order valence-electron chi connectivity index (χ2n) is 6.13. The third-order valence-electron chi connectivity index (χ3n) is 4.41. The van der Waals surface area contributed by atoms with Gasteiger partial charge in [-0.3, -0.25) is 19.5 Å². The number of nitro groups is 1. The Labute approximate surface area is 168 Å². The van der Waals surface area contributed by atoms with E-state index in [1.54, 1.807) is 11.8 Å². The summed E-state index contributed by atoms with van der Waals surface area (Å²) in [7, 11) is 0. The highest BCUT2D eigenvalue weighted by Crippen LogP contribution is 2.25. The molecule has 0 saturated carbocycles. The number of thioether (sulfide) groups is 1. The quantitative estimate of drug-likeness (QED) is 0.215. The number of nitrogens with zero attached hydrogens (tertiary/aromatic N) is 4. The van der Waals surface area contributed by atoms with Crippen LogP contribution in [0.1, 0.15) is 5.56 Å². The van der Waals surface area contributed by atoms with Crippen molar-refractivity contribution in [3.8, 4) is 0 Å². The Kier molecular flexibility index (Phi) is 4.74. The van der Waals surface area contributed by atoms with Gasteiger partial charge in [-0.2, -0.15) is 0 Å². The van der Waals surface area contributed by atoms with Crippen LogP contribution in [0.15, 0.2) is 58.5 Å². The average molecular weight is 413 g/mol. The topological polar surface area (TPSA) is 90.9 Å². The van der Waals surface area contributed by atoms with E-state index in [0.29, 0.717) is 16.2 Å². The van der Waals surface area contributed by atoms with E-state index in [-0.39, 0.29) is 23.2 Å². The third-order valence-corrected chi connectivity index (χ3v) is 5.46. The first-order valence-corrected chi connectivity index (χ1v) is 9.83. The molecule has 0 atom stereocenters. The van der Waals surface area contributed by atoms with Gasteiger partial charge in [0.05, 0.1) is 34.2 Å². The fourth-order valence-electron chi connectivity index (χ4n) is 2.96. The van der Waals surface area contributed by atoms with Crippen LogP contribution in [-0.2, 0) is 6.54 Å². The molecule has 0 spiro atoms. The van der Waals surface area contributed by atoms with E-state index in [1.807, 2.05) is 30.5 Å². The number of pyridine rings is 1. The van der Waals surface area contributed by atoms with Gasteiger partial charge in [-0.25, -0.2) is 9.97 Å². The van der Waals surface area contributed by atoms with Crippen LogP contribution in [-0.4, -0.2) is 25.7 Å². The van der Waals surface area contributed by atoms with E-state index < -0.39 is 4.92 Å². The summed E-state index contributed by atoms with van der Waals surface area (Å²) in [5, 5.41) is 12.4. The number of aromatic nitrogens is 3. The summed E-state index contributed by atoms with van der Waals surface area (Å²) in [4.78, 5) is 33.0. The van der Waals surface area contributed by atoms with Crippen LogP contribution in [0.5, 0.6) is 0 Å². The molecule has 0 aliphatic rings. The number of halogens is 1. The molecular formula is C19H13ClN4O3S. The smallest absolute Gasteiger partial charge is 0.270 e. The Bertz CT molecular complexity index is 1310. The van der Waals surface area contributed by atoms with Gasteiger partial charge in [0.15, 0.2) is 0 Å². The van der Waals surface area contributed by atoms with Crippen molar-refractivity contribution in [2.24, 2.45) is 0 Å². The molecule has 0 fully saturated rings. The molecule has 0 aliphatic carbocycles. The third kappa shape index (κ3) is 3.32. The molecule has 0 unspecified atom stereocenters. The SMILES string of the molecule is CSc1ccc2cc(Cn3cnc4ccc([N+](=O)[O-])cc4c3=O)c(Cl)nc2c1. The molecular weight excluding hydrogens is 400 g/mol. The van der Waals surface area contributed by atoms with Gasteiger partial charge in [0.1, 0.15) is 5.15 Å². The van der Waals surface area contributed by atoms with Gasteiger partial charge >= 0.3 is 0 Å². The lowest BCUT2D eigenvalue weighted by molar-refractivity contribution is -0.384. The van der Waals surface area contributed by atoms with Crippen molar-refractivity contribution in [1.82, 2.24) is 14.5 Å². The number of fused-ring (bicyclic) bond motifs is 2. The predicted molar refractivity (Wildman–Crippen MR) is 110 cm³/mol. The molecule has 2 heterocycles. The predicted octanol–water partition coefficient (Wildman–Crippen LogP) is 4.28. The average Bonchev–Trinajstić information content (AvgIpc) is 2.69. The number of nitro benzene ring substituents is 1. The second-order valence-corrected chi connectivity index (χ2v) is 7.37. The van der Waals surface area contributed by atoms with Gasteiger partial charge in [0.25, 0.3) is 11.2 Å². The van der Waals surface area contributed by atoms with Crippen molar-refractivity contribution >= 4 is 50.9 Å². The second kappa shape index (κ2) is 7.21. The Balaban J connectivity index is 1.79. The highest BCUT2D eigenvalue weighted by molar-refractivity contribution is 7.98. The number of hydrogen-bond acceptors (Lipinski definition) is 6. The molecule has 0 saturated heterocycles. The molecule has 2 aromatic heterocycles. The van der Waals surface area contributed by atoms with Crippen LogP contribution in [0.3, 0.4) is 0 Å². The van der Waals surface area contributed by atoms with Crippen molar-refractivity contribution < 1.29 is 4.92 Å². The van der Waals surface area contributed by atoms with Crippen molar-refractivity contribution in [2.75, 3.05) is 6.26 Å². The van der Waals surface area contributed by atoms with E-state index in [9.17, 15) is 14.9 Å². The largest absolute Gasteiger partial charge is 0.294 e. The lowest BCUT2D eigenvalue weighted by atomic mass is 10.1. The maximum absolute atomic E-state index is 12.8. The Hall–Kier alpha value is -2.97. The molecule has 0 N–H and O–H groups in total. The van der Waals surface area contributed by atoms with Gasteiger partial charge in [-0.05, 0) is 30.5 Å². The molecule has 0 amide bonds. The number of benzene rings is 2. The maximum Gasteiger partial charge on any atom is 0.270 e. The summed E-state index contributed by atoms with van der Waals surface area (Å²) in [6.45, 7) is 0.163. The molecule has 7 nitrogen and oxygen atoms in total. The molecule has 0 aliphatic heterocycles. The summed E-state index contributed by atoms with van der Waals surface area (Å²) >= 11 is 7.96. The van der Waals surface area contributed by atoms with Gasteiger partial charge < -0.3 is 0 Å².